The van der Waals surface area contributed by atoms with Crippen molar-refractivity contribution < 1.29 is 14.0 Å². The number of aryl methyl sites for hydroxylation is 1. The van der Waals surface area contributed by atoms with Crippen molar-refractivity contribution >= 4 is 22.2 Å². The molecule has 3 aliphatic heterocycles. The zero-order valence-corrected chi connectivity index (χ0v) is 26.2. The highest BCUT2D eigenvalue weighted by Gasteiger charge is 2.48. The van der Waals surface area contributed by atoms with Crippen molar-refractivity contribution in [3.8, 4) is 23.5 Å². The van der Waals surface area contributed by atoms with Crippen LogP contribution in [0.5, 0.6) is 5.88 Å². The molecule has 2 aliphatic carbocycles. The average Bonchev–Trinajstić information content (AvgIpc) is 3.83. The predicted octanol–water partition coefficient (Wildman–Crippen LogP) is 3.65. The van der Waals surface area contributed by atoms with Gasteiger partial charge < -0.3 is 34.8 Å². The van der Waals surface area contributed by atoms with Crippen LogP contribution in [0.3, 0.4) is 0 Å². The van der Waals surface area contributed by atoms with Crippen molar-refractivity contribution in [2.75, 3.05) is 63.7 Å². The highest BCUT2D eigenvalue weighted by molar-refractivity contribution is 7.16. The van der Waals surface area contributed by atoms with E-state index in [1.165, 1.54) is 11.3 Å². The number of anilines is 2. The molecule has 3 N–H and O–H groups in total. The van der Waals surface area contributed by atoms with Crippen LogP contribution in [0, 0.1) is 11.3 Å². The molecule has 3 atom stereocenters. The van der Waals surface area contributed by atoms with Crippen LogP contribution in [-0.4, -0.2) is 84.7 Å². The van der Waals surface area contributed by atoms with Crippen molar-refractivity contribution in [1.82, 2.24) is 25.3 Å². The molecule has 44 heavy (non-hydrogen) atoms. The molecular weight excluding hydrogens is 576 g/mol. The number of nitrogens with one attached hydrogen (secondary N) is 1. The molecule has 8 rings (SSSR count). The molecule has 0 amide bonds. The Bertz CT molecular complexity index is 1600. The molecule has 6 heterocycles. The van der Waals surface area contributed by atoms with Crippen molar-refractivity contribution in [3.05, 3.63) is 33.3 Å². The fraction of sp³-hybridized carbons (Fsp3) is 0.625. The van der Waals surface area contributed by atoms with E-state index in [4.69, 9.17) is 34.9 Å². The van der Waals surface area contributed by atoms with Gasteiger partial charge in [0.2, 0.25) is 17.5 Å². The van der Waals surface area contributed by atoms with E-state index < -0.39 is 0 Å². The summed E-state index contributed by atoms with van der Waals surface area (Å²) in [5.41, 5.74) is 9.54. The molecule has 3 saturated heterocycles. The number of nitrogen functional groups attached to an aromatic ring is 1. The summed E-state index contributed by atoms with van der Waals surface area (Å²) in [6.45, 7) is 5.62. The van der Waals surface area contributed by atoms with Gasteiger partial charge in [-0.3, -0.25) is 0 Å². The Morgan fingerprint density at radius 1 is 1.20 bits per heavy atom. The van der Waals surface area contributed by atoms with E-state index >= 15 is 0 Å². The molecule has 11 nitrogen and oxygen atoms in total. The molecule has 0 bridgehead atoms. The summed E-state index contributed by atoms with van der Waals surface area (Å²) in [6.07, 6.45) is 8.88. The van der Waals surface area contributed by atoms with Gasteiger partial charge in [0.05, 0.1) is 23.4 Å². The number of piperazine rings is 1. The van der Waals surface area contributed by atoms with E-state index in [2.05, 4.69) is 28.2 Å². The molecule has 5 aliphatic rings. The number of nitrogens with two attached hydrogens (primary N) is 1. The van der Waals surface area contributed by atoms with Gasteiger partial charge in [-0.1, -0.05) is 5.16 Å². The number of rotatable bonds is 5. The Kier molecular flexibility index (Phi) is 7.05. The molecule has 3 fully saturated rings. The standard InChI is InChI=1S/C32H40N8O3S/c1-39-12-4-5-20(39)17-42-25-15-24(40-13-11-35-18-31(40)10-14-41-19-31)36-30(37-25)27-21-6-2-8-32(28(21)38-43-27)9-3-7-23-26(32)22(16-33)29(34)44-23/h15,20,35H,2-14,17-19,34H2,1H3/t20-,31+,32-/m0/s1. The van der Waals surface area contributed by atoms with Gasteiger partial charge in [-0.2, -0.15) is 10.2 Å². The fourth-order valence-electron chi connectivity index (χ4n) is 8.48. The molecule has 0 unspecified atom stereocenters. The van der Waals surface area contributed by atoms with Gasteiger partial charge in [-0.25, -0.2) is 4.98 Å². The van der Waals surface area contributed by atoms with Crippen LogP contribution < -0.4 is 20.7 Å². The van der Waals surface area contributed by atoms with E-state index in [1.807, 2.05) is 6.07 Å². The maximum absolute atomic E-state index is 10.1. The Morgan fingerprint density at radius 2 is 2.09 bits per heavy atom. The van der Waals surface area contributed by atoms with Crippen LogP contribution in [0.25, 0.3) is 11.6 Å². The van der Waals surface area contributed by atoms with E-state index in [0.717, 1.165) is 107 Å². The number of hydrogen-bond acceptors (Lipinski definition) is 12. The summed E-state index contributed by atoms with van der Waals surface area (Å²) in [4.78, 5) is 16.1. The van der Waals surface area contributed by atoms with Crippen molar-refractivity contribution in [3.63, 3.8) is 0 Å². The lowest BCUT2D eigenvalue weighted by Crippen LogP contribution is -2.62. The van der Waals surface area contributed by atoms with Crippen LogP contribution >= 0.6 is 11.3 Å². The number of fused-ring (bicyclic) bond motifs is 4. The maximum atomic E-state index is 10.1. The lowest BCUT2D eigenvalue weighted by Gasteiger charge is -2.45. The SMILES string of the molecule is CN1CCC[C@H]1COc1cc(N2CCNC[C@@]23CCOC3)nc(-c2onc3c2CCC[C@@]32CCCc3sc(N)c(C#N)c32)n1. The largest absolute Gasteiger partial charge is 0.476 e. The zero-order valence-electron chi connectivity index (χ0n) is 25.4. The zero-order chi connectivity index (χ0) is 29.9. The van der Waals surface area contributed by atoms with Crippen molar-refractivity contribution in [2.24, 2.45) is 0 Å². The van der Waals surface area contributed by atoms with Crippen LogP contribution in [0.1, 0.15) is 72.2 Å². The number of thiophene rings is 1. The Labute approximate surface area is 261 Å². The van der Waals surface area contributed by atoms with Crippen LogP contribution in [0.15, 0.2) is 10.6 Å². The van der Waals surface area contributed by atoms with Gasteiger partial charge >= 0.3 is 0 Å². The van der Waals surface area contributed by atoms with Gasteiger partial charge in [0.15, 0.2) is 0 Å². The van der Waals surface area contributed by atoms with Crippen LogP contribution in [0.2, 0.25) is 0 Å². The Hall–Kier alpha value is -3.24. The normalized spacial score (nSPS) is 28.4. The average molecular weight is 617 g/mol. The summed E-state index contributed by atoms with van der Waals surface area (Å²) in [5.74, 6) is 2.53. The molecule has 0 saturated carbocycles. The van der Waals surface area contributed by atoms with Gasteiger partial charge in [0.25, 0.3) is 0 Å². The van der Waals surface area contributed by atoms with E-state index in [-0.39, 0.29) is 11.0 Å². The first kappa shape index (κ1) is 28.2. The summed E-state index contributed by atoms with van der Waals surface area (Å²) in [7, 11) is 2.16. The Morgan fingerprint density at radius 3 is 2.89 bits per heavy atom. The second kappa shape index (κ2) is 11.0. The lowest BCUT2D eigenvalue weighted by molar-refractivity contribution is 0.169. The summed E-state index contributed by atoms with van der Waals surface area (Å²) < 4.78 is 18.6. The third kappa shape index (κ3) is 4.42. The van der Waals surface area contributed by atoms with Gasteiger partial charge in [-0.05, 0) is 76.9 Å². The number of nitriles is 1. The lowest BCUT2D eigenvalue weighted by atomic mass is 9.62. The molecule has 3 aromatic heterocycles. The first-order chi connectivity index (χ1) is 21.5. The van der Waals surface area contributed by atoms with Crippen LogP contribution in [0.4, 0.5) is 10.8 Å². The molecule has 0 radical (unpaired) electrons. The number of hydrogen-bond donors (Lipinski definition) is 2. The third-order valence-corrected chi connectivity index (χ3v) is 11.8. The minimum Gasteiger partial charge on any atom is -0.476 e. The van der Waals surface area contributed by atoms with E-state index in [1.54, 1.807) is 11.3 Å². The minimum atomic E-state index is -0.365. The van der Waals surface area contributed by atoms with Crippen molar-refractivity contribution in [1.29, 1.82) is 5.26 Å². The number of nitrogens with zero attached hydrogens (tertiary/aromatic N) is 6. The van der Waals surface area contributed by atoms with E-state index in [9.17, 15) is 5.26 Å². The monoisotopic (exact) mass is 616 g/mol. The first-order valence-electron chi connectivity index (χ1n) is 16.1. The summed E-state index contributed by atoms with van der Waals surface area (Å²) in [6, 6.07) is 4.79. The number of likely N-dealkylation sites (tertiary alicyclic amines) is 1. The fourth-order valence-corrected chi connectivity index (χ4v) is 9.64. The molecule has 0 aromatic carbocycles. The van der Waals surface area contributed by atoms with Crippen molar-refractivity contribution in [2.45, 2.75) is 74.8 Å². The van der Waals surface area contributed by atoms with Crippen LogP contribution in [-0.2, 0) is 23.0 Å². The second-order valence-corrected chi connectivity index (χ2v) is 14.3. The molecule has 2 spiro atoms. The molecular formula is C32H40N8O3S. The number of ether oxygens (including phenoxy) is 2. The topological polar surface area (TPSA) is 139 Å². The summed E-state index contributed by atoms with van der Waals surface area (Å²) >= 11 is 1.56. The smallest absolute Gasteiger partial charge is 0.219 e. The van der Waals surface area contributed by atoms with Gasteiger partial charge in [0.1, 0.15) is 23.5 Å². The highest BCUT2D eigenvalue weighted by Crippen LogP contribution is 2.54. The highest BCUT2D eigenvalue weighted by atomic mass is 32.1. The predicted molar refractivity (Wildman–Crippen MR) is 167 cm³/mol. The molecule has 232 valence electrons. The Balaban J connectivity index is 1.22. The third-order valence-electron chi connectivity index (χ3n) is 10.8. The number of aromatic nitrogens is 3. The van der Waals surface area contributed by atoms with Gasteiger partial charge in [0, 0.05) is 54.2 Å². The minimum absolute atomic E-state index is 0.150. The number of likely N-dealkylation sites (N-methyl/N-ethyl adjacent to an activating group) is 1. The van der Waals surface area contributed by atoms with E-state index in [0.29, 0.717) is 47.3 Å². The summed E-state index contributed by atoms with van der Waals surface area (Å²) in [5, 5.41) is 19.1. The second-order valence-electron chi connectivity index (χ2n) is 13.2. The maximum Gasteiger partial charge on any atom is 0.219 e. The molecule has 3 aromatic rings. The van der Waals surface area contributed by atoms with Gasteiger partial charge in [-0.15, -0.1) is 11.3 Å². The first-order valence-corrected chi connectivity index (χ1v) is 16.9. The molecule has 12 heteroatoms. The quantitative estimate of drug-likeness (QED) is 0.434.